The zero-order valence-corrected chi connectivity index (χ0v) is 19.2. The molecule has 0 aromatic heterocycles. The highest BCUT2D eigenvalue weighted by Gasteiger charge is 2.33. The molecule has 3 aromatic rings. The monoisotopic (exact) mass is 468 g/mol. The van der Waals surface area contributed by atoms with Crippen LogP contribution >= 0.6 is 11.6 Å². The van der Waals surface area contributed by atoms with Crippen LogP contribution in [0.15, 0.2) is 89.8 Å². The number of anilines is 1. The predicted molar refractivity (Wildman–Crippen MR) is 127 cm³/mol. The minimum Gasteiger partial charge on any atom is -0.334 e. The van der Waals surface area contributed by atoms with Crippen molar-refractivity contribution < 1.29 is 13.2 Å². The Labute approximate surface area is 194 Å². The van der Waals surface area contributed by atoms with E-state index in [0.717, 1.165) is 24.8 Å². The van der Waals surface area contributed by atoms with Crippen LogP contribution in [0.1, 0.15) is 30.9 Å². The smallest absolute Gasteiger partial charge is 0.264 e. The molecule has 1 aliphatic rings. The second kappa shape index (κ2) is 9.76. The summed E-state index contributed by atoms with van der Waals surface area (Å²) in [6.07, 6.45) is 2.80. The maximum Gasteiger partial charge on any atom is 0.264 e. The lowest BCUT2D eigenvalue weighted by Gasteiger charge is -2.37. The Morgan fingerprint density at radius 1 is 0.906 bits per heavy atom. The number of carbonyl (C=O) groups is 1. The Morgan fingerprint density at radius 2 is 1.53 bits per heavy atom. The molecule has 166 valence electrons. The van der Waals surface area contributed by atoms with E-state index in [-0.39, 0.29) is 23.4 Å². The number of piperidine rings is 1. The van der Waals surface area contributed by atoms with Crippen molar-refractivity contribution in [1.82, 2.24) is 4.90 Å². The van der Waals surface area contributed by atoms with Gasteiger partial charge in [0.05, 0.1) is 16.6 Å². The van der Waals surface area contributed by atoms with Crippen LogP contribution in [0, 0.1) is 0 Å². The molecule has 32 heavy (non-hydrogen) atoms. The zero-order chi connectivity index (χ0) is 22.6. The van der Waals surface area contributed by atoms with Gasteiger partial charge in [-0.25, -0.2) is 8.42 Å². The molecule has 1 aliphatic heterocycles. The predicted octanol–water partition coefficient (Wildman–Crippen LogP) is 5.29. The SMILES string of the molecule is O=C(CN(c1ccc(Cl)cc1)S(=O)(=O)c1ccccc1)N1CCCCC1c1ccccc1. The molecular formula is C25H25ClN2O3S. The van der Waals surface area contributed by atoms with Crippen molar-refractivity contribution in [3.8, 4) is 0 Å². The molecule has 1 atom stereocenters. The average molecular weight is 469 g/mol. The van der Waals surface area contributed by atoms with Gasteiger partial charge in [0.2, 0.25) is 5.91 Å². The van der Waals surface area contributed by atoms with Crippen LogP contribution in [0.3, 0.4) is 0 Å². The molecule has 1 heterocycles. The number of carbonyl (C=O) groups excluding carboxylic acids is 1. The molecule has 3 aromatic carbocycles. The van der Waals surface area contributed by atoms with Gasteiger partial charge in [-0.2, -0.15) is 0 Å². The van der Waals surface area contributed by atoms with Crippen molar-refractivity contribution in [3.05, 3.63) is 95.5 Å². The molecule has 0 aliphatic carbocycles. The Kier molecular flexibility index (Phi) is 6.82. The van der Waals surface area contributed by atoms with Crippen molar-refractivity contribution >= 4 is 33.2 Å². The van der Waals surface area contributed by atoms with Gasteiger partial charge >= 0.3 is 0 Å². The lowest BCUT2D eigenvalue weighted by atomic mass is 9.95. The number of hydrogen-bond donors (Lipinski definition) is 0. The molecule has 1 saturated heterocycles. The molecule has 5 nitrogen and oxygen atoms in total. The van der Waals surface area contributed by atoms with Crippen molar-refractivity contribution in [2.24, 2.45) is 0 Å². The van der Waals surface area contributed by atoms with Gasteiger partial charge in [0.15, 0.2) is 0 Å². The van der Waals surface area contributed by atoms with Gasteiger partial charge in [0, 0.05) is 11.6 Å². The fraction of sp³-hybridized carbons (Fsp3) is 0.240. The van der Waals surface area contributed by atoms with Crippen LogP contribution in [0.5, 0.6) is 0 Å². The van der Waals surface area contributed by atoms with Gasteiger partial charge in [-0.1, -0.05) is 60.1 Å². The molecule has 0 N–H and O–H groups in total. The van der Waals surface area contributed by atoms with Gasteiger partial charge in [-0.15, -0.1) is 0 Å². The summed E-state index contributed by atoms with van der Waals surface area (Å²) in [7, 11) is -3.94. The third kappa shape index (κ3) is 4.81. The van der Waals surface area contributed by atoms with E-state index >= 15 is 0 Å². The summed E-state index contributed by atoms with van der Waals surface area (Å²) in [6, 6.07) is 24.6. The number of hydrogen-bond acceptors (Lipinski definition) is 3. The first kappa shape index (κ1) is 22.4. The number of halogens is 1. The molecule has 1 fully saturated rings. The van der Waals surface area contributed by atoms with E-state index in [4.69, 9.17) is 11.6 Å². The van der Waals surface area contributed by atoms with E-state index in [9.17, 15) is 13.2 Å². The molecule has 7 heteroatoms. The van der Waals surface area contributed by atoms with Crippen molar-refractivity contribution in [3.63, 3.8) is 0 Å². The number of amides is 1. The fourth-order valence-corrected chi connectivity index (χ4v) is 5.67. The quantitative estimate of drug-likeness (QED) is 0.494. The van der Waals surface area contributed by atoms with E-state index in [1.165, 1.54) is 16.4 Å². The first-order valence-electron chi connectivity index (χ1n) is 10.6. The van der Waals surface area contributed by atoms with Crippen molar-refractivity contribution in [2.45, 2.75) is 30.2 Å². The molecule has 1 amide bonds. The van der Waals surface area contributed by atoms with Crippen LogP contribution in [0.4, 0.5) is 5.69 Å². The van der Waals surface area contributed by atoms with Crippen molar-refractivity contribution in [1.29, 1.82) is 0 Å². The van der Waals surface area contributed by atoms with Gasteiger partial charge in [-0.3, -0.25) is 9.10 Å². The second-order valence-corrected chi connectivity index (χ2v) is 10.1. The summed E-state index contributed by atoms with van der Waals surface area (Å²) in [5.74, 6) is -0.215. The summed E-state index contributed by atoms with van der Waals surface area (Å²) < 4.78 is 28.2. The third-order valence-electron chi connectivity index (χ3n) is 5.73. The van der Waals surface area contributed by atoms with E-state index < -0.39 is 10.0 Å². The first-order chi connectivity index (χ1) is 15.5. The Bertz CT molecular complexity index is 1150. The van der Waals surface area contributed by atoms with Gasteiger partial charge in [-0.05, 0) is 61.2 Å². The van der Waals surface area contributed by atoms with Gasteiger partial charge in [0.25, 0.3) is 10.0 Å². The number of rotatable bonds is 6. The van der Waals surface area contributed by atoms with Gasteiger partial charge < -0.3 is 4.90 Å². The summed E-state index contributed by atoms with van der Waals surface area (Å²) in [5, 5.41) is 0.498. The number of likely N-dealkylation sites (tertiary alicyclic amines) is 1. The highest BCUT2D eigenvalue weighted by atomic mass is 35.5. The van der Waals surface area contributed by atoms with Crippen LogP contribution in [-0.4, -0.2) is 32.3 Å². The molecule has 4 rings (SSSR count). The van der Waals surface area contributed by atoms with E-state index in [1.807, 2.05) is 35.2 Å². The lowest BCUT2D eigenvalue weighted by molar-refractivity contribution is -0.133. The second-order valence-electron chi connectivity index (χ2n) is 7.81. The topological polar surface area (TPSA) is 57.7 Å². The molecule has 0 radical (unpaired) electrons. The molecule has 0 saturated carbocycles. The highest BCUT2D eigenvalue weighted by Crippen LogP contribution is 2.32. The molecule has 1 unspecified atom stereocenters. The number of nitrogens with zero attached hydrogens (tertiary/aromatic N) is 2. The summed E-state index contributed by atoms with van der Waals surface area (Å²) in [6.45, 7) is 0.334. The van der Waals surface area contributed by atoms with Crippen molar-refractivity contribution in [2.75, 3.05) is 17.4 Å². The third-order valence-corrected chi connectivity index (χ3v) is 7.77. The minimum atomic E-state index is -3.94. The Morgan fingerprint density at radius 3 is 2.19 bits per heavy atom. The van der Waals surface area contributed by atoms with Crippen LogP contribution in [-0.2, 0) is 14.8 Å². The van der Waals surface area contributed by atoms with Gasteiger partial charge in [0.1, 0.15) is 6.54 Å². The van der Waals surface area contributed by atoms with Crippen LogP contribution in [0.25, 0.3) is 0 Å². The number of benzene rings is 3. The molecular weight excluding hydrogens is 444 g/mol. The average Bonchev–Trinajstić information content (AvgIpc) is 2.84. The number of sulfonamides is 1. The maximum atomic E-state index is 13.5. The van der Waals surface area contributed by atoms with E-state index in [1.54, 1.807) is 42.5 Å². The minimum absolute atomic E-state index is 0.0519. The largest absolute Gasteiger partial charge is 0.334 e. The summed E-state index contributed by atoms with van der Waals surface area (Å²) >= 11 is 6.02. The van der Waals surface area contributed by atoms with Crippen LogP contribution in [0.2, 0.25) is 5.02 Å². The summed E-state index contributed by atoms with van der Waals surface area (Å²) in [5.41, 5.74) is 1.48. The highest BCUT2D eigenvalue weighted by molar-refractivity contribution is 7.92. The van der Waals surface area contributed by atoms with E-state index in [0.29, 0.717) is 17.3 Å². The summed E-state index contributed by atoms with van der Waals surface area (Å²) in [4.78, 5) is 15.5. The normalized spacial score (nSPS) is 16.5. The van der Waals surface area contributed by atoms with E-state index in [2.05, 4.69) is 0 Å². The standard InChI is InChI=1S/C25H25ClN2O3S/c26-21-14-16-22(17-15-21)28(32(30,31)23-11-5-2-6-12-23)19-25(29)27-18-8-7-13-24(27)20-9-3-1-4-10-20/h1-6,9-12,14-17,24H,7-8,13,18-19H2. The van der Waals surface area contributed by atoms with Crippen LogP contribution < -0.4 is 4.31 Å². The Balaban J connectivity index is 1.67. The first-order valence-corrected chi connectivity index (χ1v) is 12.5. The fourth-order valence-electron chi connectivity index (χ4n) is 4.11. The maximum absolute atomic E-state index is 13.5. The molecule has 0 spiro atoms. The molecule has 0 bridgehead atoms. The lowest BCUT2D eigenvalue weighted by Crippen LogP contribution is -2.46. The zero-order valence-electron chi connectivity index (χ0n) is 17.6. The Hall–Kier alpha value is -2.83.